The topological polar surface area (TPSA) is 43.4 Å². The van der Waals surface area contributed by atoms with E-state index in [9.17, 15) is 9.59 Å². The third kappa shape index (κ3) is 3.85. The van der Waals surface area contributed by atoms with Crippen molar-refractivity contribution >= 4 is 11.8 Å². The summed E-state index contributed by atoms with van der Waals surface area (Å²) in [5.74, 6) is -0.119. The van der Waals surface area contributed by atoms with E-state index in [2.05, 4.69) is 0 Å². The minimum Gasteiger partial charge on any atom is -0.461 e. The maximum atomic E-state index is 11.1. The molecule has 0 bridgehead atoms. The van der Waals surface area contributed by atoms with Crippen LogP contribution in [0.1, 0.15) is 31.4 Å². The van der Waals surface area contributed by atoms with Crippen molar-refractivity contribution in [3.05, 3.63) is 35.4 Å². The molecular formula is C13H16O3. The Kier molecular flexibility index (Phi) is 4.70. The van der Waals surface area contributed by atoms with Crippen molar-refractivity contribution in [1.82, 2.24) is 0 Å². The third-order valence-electron chi connectivity index (χ3n) is 2.24. The lowest BCUT2D eigenvalue weighted by molar-refractivity contribution is -0.144. The second kappa shape index (κ2) is 6.05. The zero-order valence-electron chi connectivity index (χ0n) is 9.66. The SMILES string of the molecule is CCC(=O)OCc1ccccc1CC(C)=O. The molecule has 0 radical (unpaired) electrons. The third-order valence-corrected chi connectivity index (χ3v) is 2.24. The summed E-state index contributed by atoms with van der Waals surface area (Å²) in [5, 5.41) is 0. The van der Waals surface area contributed by atoms with E-state index in [0.29, 0.717) is 12.8 Å². The summed E-state index contributed by atoms with van der Waals surface area (Å²) in [4.78, 5) is 22.1. The molecule has 0 aromatic heterocycles. The van der Waals surface area contributed by atoms with Crippen molar-refractivity contribution in [2.75, 3.05) is 0 Å². The zero-order valence-corrected chi connectivity index (χ0v) is 9.66. The Labute approximate surface area is 95.4 Å². The minimum atomic E-state index is -0.224. The van der Waals surface area contributed by atoms with Gasteiger partial charge in [0.15, 0.2) is 0 Å². The molecule has 0 heterocycles. The van der Waals surface area contributed by atoms with Gasteiger partial charge in [-0.25, -0.2) is 0 Å². The summed E-state index contributed by atoms with van der Waals surface area (Å²) in [6, 6.07) is 7.51. The van der Waals surface area contributed by atoms with E-state index >= 15 is 0 Å². The van der Waals surface area contributed by atoms with Crippen molar-refractivity contribution in [1.29, 1.82) is 0 Å². The lowest BCUT2D eigenvalue weighted by Gasteiger charge is -2.08. The first kappa shape index (κ1) is 12.4. The van der Waals surface area contributed by atoms with Crippen LogP contribution in [-0.2, 0) is 27.4 Å². The van der Waals surface area contributed by atoms with Crippen LogP contribution in [0.2, 0.25) is 0 Å². The van der Waals surface area contributed by atoms with Crippen LogP contribution in [-0.4, -0.2) is 11.8 Å². The molecule has 0 saturated heterocycles. The summed E-state index contributed by atoms with van der Waals surface area (Å²) >= 11 is 0. The predicted octanol–water partition coefficient (Wildman–Crippen LogP) is 2.27. The molecule has 0 saturated carbocycles. The standard InChI is InChI=1S/C13H16O3/c1-3-13(15)16-9-12-7-5-4-6-11(12)8-10(2)14/h4-7H,3,8-9H2,1-2H3. The van der Waals surface area contributed by atoms with Gasteiger partial charge in [-0.2, -0.15) is 0 Å². The molecule has 0 fully saturated rings. The van der Waals surface area contributed by atoms with Crippen molar-refractivity contribution < 1.29 is 14.3 Å². The van der Waals surface area contributed by atoms with Crippen LogP contribution in [0.25, 0.3) is 0 Å². The lowest BCUT2D eigenvalue weighted by Crippen LogP contribution is -2.06. The number of carbonyl (C=O) groups is 2. The van der Waals surface area contributed by atoms with Crippen molar-refractivity contribution in [3.8, 4) is 0 Å². The molecule has 0 aliphatic heterocycles. The minimum absolute atomic E-state index is 0.106. The summed E-state index contributed by atoms with van der Waals surface area (Å²) in [5.41, 5.74) is 1.83. The first-order valence-electron chi connectivity index (χ1n) is 5.35. The van der Waals surface area contributed by atoms with E-state index in [1.54, 1.807) is 13.8 Å². The molecule has 0 amide bonds. The van der Waals surface area contributed by atoms with Crippen LogP contribution in [0.15, 0.2) is 24.3 Å². The number of benzene rings is 1. The Morgan fingerprint density at radius 3 is 2.38 bits per heavy atom. The summed E-state index contributed by atoms with van der Waals surface area (Å²) in [6.07, 6.45) is 0.759. The highest BCUT2D eigenvalue weighted by molar-refractivity contribution is 5.78. The maximum Gasteiger partial charge on any atom is 0.305 e. The fourth-order valence-electron chi connectivity index (χ4n) is 1.40. The zero-order chi connectivity index (χ0) is 12.0. The van der Waals surface area contributed by atoms with Gasteiger partial charge in [0.05, 0.1) is 0 Å². The van der Waals surface area contributed by atoms with Crippen LogP contribution < -0.4 is 0 Å². The van der Waals surface area contributed by atoms with Gasteiger partial charge >= 0.3 is 5.97 Å². The molecule has 1 aromatic rings. The van der Waals surface area contributed by atoms with Crippen molar-refractivity contribution in [3.63, 3.8) is 0 Å². The monoisotopic (exact) mass is 220 g/mol. The van der Waals surface area contributed by atoms with Gasteiger partial charge in [-0.3, -0.25) is 9.59 Å². The molecule has 0 aliphatic rings. The second-order valence-corrected chi connectivity index (χ2v) is 3.66. The Hall–Kier alpha value is -1.64. The molecule has 86 valence electrons. The fraction of sp³-hybridized carbons (Fsp3) is 0.385. The van der Waals surface area contributed by atoms with Gasteiger partial charge in [0.25, 0.3) is 0 Å². The highest BCUT2D eigenvalue weighted by atomic mass is 16.5. The molecule has 0 N–H and O–H groups in total. The summed E-state index contributed by atoms with van der Waals surface area (Å²) in [6.45, 7) is 3.55. The number of esters is 1. The average Bonchev–Trinajstić information content (AvgIpc) is 2.26. The molecule has 3 heteroatoms. The van der Waals surface area contributed by atoms with E-state index in [-0.39, 0.29) is 18.4 Å². The van der Waals surface area contributed by atoms with Gasteiger partial charge in [0, 0.05) is 12.8 Å². The van der Waals surface area contributed by atoms with Crippen LogP contribution >= 0.6 is 0 Å². The molecule has 1 rings (SSSR count). The summed E-state index contributed by atoms with van der Waals surface area (Å²) < 4.78 is 5.05. The largest absolute Gasteiger partial charge is 0.461 e. The van der Waals surface area contributed by atoms with Crippen LogP contribution in [0.4, 0.5) is 0 Å². The van der Waals surface area contributed by atoms with E-state index in [0.717, 1.165) is 11.1 Å². The fourth-order valence-corrected chi connectivity index (χ4v) is 1.40. The highest BCUT2D eigenvalue weighted by Gasteiger charge is 2.06. The molecule has 3 nitrogen and oxygen atoms in total. The normalized spacial score (nSPS) is 9.88. The number of ether oxygens (including phenoxy) is 1. The van der Waals surface area contributed by atoms with Gasteiger partial charge < -0.3 is 4.74 Å². The molecular weight excluding hydrogens is 204 g/mol. The smallest absolute Gasteiger partial charge is 0.305 e. The molecule has 0 spiro atoms. The number of Topliss-reactive ketones (excluding diaryl/α,β-unsaturated/α-hetero) is 1. The first-order chi connectivity index (χ1) is 7.63. The Bertz CT molecular complexity index is 383. The molecule has 0 aliphatic carbocycles. The van der Waals surface area contributed by atoms with E-state index in [4.69, 9.17) is 4.74 Å². The maximum absolute atomic E-state index is 11.1. The second-order valence-electron chi connectivity index (χ2n) is 3.66. The van der Waals surface area contributed by atoms with Crippen LogP contribution in [0.3, 0.4) is 0 Å². The van der Waals surface area contributed by atoms with E-state index < -0.39 is 0 Å². The molecule has 16 heavy (non-hydrogen) atoms. The number of hydrogen-bond donors (Lipinski definition) is 0. The van der Waals surface area contributed by atoms with Gasteiger partial charge in [-0.05, 0) is 18.1 Å². The van der Waals surface area contributed by atoms with E-state index in [1.165, 1.54) is 0 Å². The first-order valence-corrected chi connectivity index (χ1v) is 5.35. The van der Waals surface area contributed by atoms with Crippen molar-refractivity contribution in [2.24, 2.45) is 0 Å². The number of hydrogen-bond acceptors (Lipinski definition) is 3. The number of rotatable bonds is 5. The lowest BCUT2D eigenvalue weighted by atomic mass is 10.0. The van der Waals surface area contributed by atoms with Gasteiger partial charge in [-0.15, -0.1) is 0 Å². The van der Waals surface area contributed by atoms with Crippen LogP contribution in [0.5, 0.6) is 0 Å². The predicted molar refractivity (Wildman–Crippen MR) is 60.9 cm³/mol. The number of carbonyl (C=O) groups excluding carboxylic acids is 2. The molecule has 1 aromatic carbocycles. The van der Waals surface area contributed by atoms with Crippen LogP contribution in [0, 0.1) is 0 Å². The Balaban J connectivity index is 2.70. The Morgan fingerprint density at radius 2 is 1.81 bits per heavy atom. The molecule has 0 atom stereocenters. The van der Waals surface area contributed by atoms with Gasteiger partial charge in [0.2, 0.25) is 0 Å². The van der Waals surface area contributed by atoms with E-state index in [1.807, 2.05) is 24.3 Å². The summed E-state index contributed by atoms with van der Waals surface area (Å²) in [7, 11) is 0. The van der Waals surface area contributed by atoms with Gasteiger partial charge in [0.1, 0.15) is 12.4 Å². The average molecular weight is 220 g/mol. The van der Waals surface area contributed by atoms with Crippen molar-refractivity contribution in [2.45, 2.75) is 33.3 Å². The van der Waals surface area contributed by atoms with Gasteiger partial charge in [-0.1, -0.05) is 31.2 Å². The number of ketones is 1. The molecule has 0 unspecified atom stereocenters. The quantitative estimate of drug-likeness (QED) is 0.715. The highest BCUT2D eigenvalue weighted by Crippen LogP contribution is 2.11. The Morgan fingerprint density at radius 1 is 1.19 bits per heavy atom.